The van der Waals surface area contributed by atoms with Crippen LogP contribution in [0.1, 0.15) is 56.9 Å². The highest BCUT2D eigenvalue weighted by atomic mass is 19.1. The Morgan fingerprint density at radius 1 is 0.833 bits per heavy atom. The Kier molecular flexibility index (Phi) is 8.49. The fourth-order valence-electron chi connectivity index (χ4n) is 2.23. The maximum absolute atomic E-state index is 12.9. The van der Waals surface area contributed by atoms with Crippen LogP contribution in [0.5, 0.6) is 0 Å². The minimum absolute atomic E-state index is 0.118. The predicted molar refractivity (Wildman–Crippen MR) is 76.1 cm³/mol. The first-order valence-corrected chi connectivity index (χ1v) is 7.27. The van der Waals surface area contributed by atoms with E-state index >= 15 is 0 Å². The lowest BCUT2D eigenvalue weighted by Gasteiger charge is -2.03. The average molecular weight is 251 g/mol. The zero-order valence-electron chi connectivity index (χ0n) is 11.3. The Hall–Kier alpha value is -0.890. The average Bonchev–Trinajstić information content (AvgIpc) is 2.37. The van der Waals surface area contributed by atoms with Crippen LogP contribution in [0.4, 0.5) is 4.39 Å². The molecule has 0 saturated carbocycles. The van der Waals surface area contributed by atoms with Crippen molar-refractivity contribution in [1.29, 1.82) is 0 Å². The third-order valence-electron chi connectivity index (χ3n) is 3.31. The molecular formula is C16H26FN. The minimum atomic E-state index is -0.118. The summed E-state index contributed by atoms with van der Waals surface area (Å²) in [4.78, 5) is 0. The summed E-state index contributed by atoms with van der Waals surface area (Å²) in [6.45, 7) is 0.827. The number of nitrogens with two attached hydrogens (primary N) is 1. The Morgan fingerprint density at radius 2 is 1.44 bits per heavy atom. The summed E-state index contributed by atoms with van der Waals surface area (Å²) in [5, 5.41) is 0. The Balaban J connectivity index is 1.92. The Labute approximate surface area is 111 Å². The van der Waals surface area contributed by atoms with E-state index in [-0.39, 0.29) is 5.82 Å². The van der Waals surface area contributed by atoms with Gasteiger partial charge in [0.2, 0.25) is 0 Å². The molecule has 0 radical (unpaired) electrons. The summed E-state index contributed by atoms with van der Waals surface area (Å²) >= 11 is 0. The summed E-state index contributed by atoms with van der Waals surface area (Å²) in [5.74, 6) is -0.118. The smallest absolute Gasteiger partial charge is 0.123 e. The highest BCUT2D eigenvalue weighted by molar-refractivity contribution is 5.16. The summed E-state index contributed by atoms with van der Waals surface area (Å²) in [6, 6.07) is 6.95. The van der Waals surface area contributed by atoms with Crippen LogP contribution in [-0.4, -0.2) is 6.54 Å². The molecule has 18 heavy (non-hydrogen) atoms. The summed E-state index contributed by atoms with van der Waals surface area (Å²) < 4.78 is 12.9. The molecule has 0 amide bonds. The van der Waals surface area contributed by atoms with Crippen LogP contribution >= 0.6 is 0 Å². The molecule has 0 aliphatic heterocycles. The van der Waals surface area contributed by atoms with E-state index in [1.54, 1.807) is 12.1 Å². The number of hydrogen-bond acceptors (Lipinski definition) is 1. The summed E-state index contributed by atoms with van der Waals surface area (Å²) in [6.07, 6.45) is 11.2. The van der Waals surface area contributed by atoms with Crippen molar-refractivity contribution in [2.75, 3.05) is 6.54 Å². The molecule has 1 aromatic carbocycles. The molecule has 0 aliphatic carbocycles. The van der Waals surface area contributed by atoms with Gasteiger partial charge in [0.15, 0.2) is 0 Å². The van der Waals surface area contributed by atoms with Gasteiger partial charge in [0.05, 0.1) is 0 Å². The van der Waals surface area contributed by atoms with Crippen LogP contribution in [0.15, 0.2) is 24.3 Å². The van der Waals surface area contributed by atoms with Crippen LogP contribution in [0, 0.1) is 5.82 Å². The van der Waals surface area contributed by atoms with Gasteiger partial charge in [0, 0.05) is 0 Å². The molecule has 1 aromatic rings. The summed E-state index contributed by atoms with van der Waals surface area (Å²) in [5.41, 5.74) is 6.57. The molecule has 1 nitrogen and oxygen atoms in total. The van der Waals surface area contributed by atoms with Crippen LogP contribution in [0.25, 0.3) is 0 Å². The molecule has 2 N–H and O–H groups in total. The maximum Gasteiger partial charge on any atom is 0.123 e. The van der Waals surface area contributed by atoms with Crippen molar-refractivity contribution in [1.82, 2.24) is 0 Å². The van der Waals surface area contributed by atoms with E-state index in [1.807, 2.05) is 6.07 Å². The van der Waals surface area contributed by atoms with Gasteiger partial charge in [-0.25, -0.2) is 4.39 Å². The quantitative estimate of drug-likeness (QED) is 0.611. The molecule has 0 bridgehead atoms. The molecule has 0 spiro atoms. The van der Waals surface area contributed by atoms with Crippen molar-refractivity contribution >= 4 is 0 Å². The van der Waals surface area contributed by atoms with Gasteiger partial charge in [0.25, 0.3) is 0 Å². The van der Waals surface area contributed by atoms with Crippen molar-refractivity contribution in [2.24, 2.45) is 5.73 Å². The van der Waals surface area contributed by atoms with Gasteiger partial charge in [-0.15, -0.1) is 0 Å². The van der Waals surface area contributed by atoms with Crippen molar-refractivity contribution in [3.05, 3.63) is 35.6 Å². The molecular weight excluding hydrogens is 225 g/mol. The topological polar surface area (TPSA) is 26.0 Å². The molecule has 0 aromatic heterocycles. The van der Waals surface area contributed by atoms with E-state index in [0.29, 0.717) is 0 Å². The molecule has 1 rings (SSSR count). The van der Waals surface area contributed by atoms with Crippen molar-refractivity contribution < 1.29 is 4.39 Å². The fraction of sp³-hybridized carbons (Fsp3) is 0.625. The normalized spacial score (nSPS) is 10.8. The number of unbranched alkanes of at least 4 members (excludes halogenated alkanes) is 7. The molecule has 2 heteroatoms. The Bertz CT molecular complexity index is 312. The van der Waals surface area contributed by atoms with E-state index in [2.05, 4.69) is 0 Å². The third kappa shape index (κ3) is 7.44. The minimum Gasteiger partial charge on any atom is -0.330 e. The second-order valence-corrected chi connectivity index (χ2v) is 5.00. The Morgan fingerprint density at radius 3 is 2.06 bits per heavy atom. The molecule has 0 atom stereocenters. The van der Waals surface area contributed by atoms with Gasteiger partial charge < -0.3 is 5.73 Å². The maximum atomic E-state index is 12.9. The highest BCUT2D eigenvalue weighted by Crippen LogP contribution is 2.12. The van der Waals surface area contributed by atoms with Crippen LogP contribution in [0.3, 0.4) is 0 Å². The van der Waals surface area contributed by atoms with Gasteiger partial charge in [0.1, 0.15) is 5.82 Å². The van der Waals surface area contributed by atoms with Gasteiger partial charge in [-0.05, 0) is 43.5 Å². The first-order chi connectivity index (χ1) is 8.83. The predicted octanol–water partition coefficient (Wildman–Crippen LogP) is 4.45. The van der Waals surface area contributed by atoms with Crippen LogP contribution in [0.2, 0.25) is 0 Å². The number of rotatable bonds is 10. The zero-order chi connectivity index (χ0) is 13.1. The van der Waals surface area contributed by atoms with Gasteiger partial charge in [-0.2, -0.15) is 0 Å². The lowest BCUT2D eigenvalue weighted by Crippen LogP contribution is -1.97. The third-order valence-corrected chi connectivity index (χ3v) is 3.31. The molecule has 0 heterocycles. The van der Waals surface area contributed by atoms with E-state index < -0.39 is 0 Å². The molecule has 0 saturated heterocycles. The lowest BCUT2D eigenvalue weighted by atomic mass is 10.0. The molecule has 102 valence electrons. The molecule has 0 unspecified atom stereocenters. The number of benzene rings is 1. The van der Waals surface area contributed by atoms with Gasteiger partial charge in [-0.1, -0.05) is 50.7 Å². The van der Waals surface area contributed by atoms with Gasteiger partial charge in [-0.3, -0.25) is 0 Å². The van der Waals surface area contributed by atoms with E-state index in [0.717, 1.165) is 18.5 Å². The fourth-order valence-corrected chi connectivity index (χ4v) is 2.23. The van der Waals surface area contributed by atoms with Crippen LogP contribution < -0.4 is 5.73 Å². The highest BCUT2D eigenvalue weighted by Gasteiger charge is 1.96. The number of halogens is 1. The van der Waals surface area contributed by atoms with Gasteiger partial charge >= 0.3 is 0 Å². The zero-order valence-corrected chi connectivity index (χ0v) is 11.3. The number of hydrogen-bond donors (Lipinski definition) is 1. The summed E-state index contributed by atoms with van der Waals surface area (Å²) in [7, 11) is 0. The van der Waals surface area contributed by atoms with Crippen molar-refractivity contribution in [3.8, 4) is 0 Å². The largest absolute Gasteiger partial charge is 0.330 e. The van der Waals surface area contributed by atoms with E-state index in [9.17, 15) is 4.39 Å². The first-order valence-electron chi connectivity index (χ1n) is 7.27. The first kappa shape index (κ1) is 15.2. The second kappa shape index (κ2) is 10.1. The van der Waals surface area contributed by atoms with E-state index in [1.165, 1.54) is 57.4 Å². The molecule has 0 aliphatic rings. The standard InChI is InChI=1S/C16H26FN/c17-16-12-9-11-15(14-16)10-7-5-3-1-2-4-6-8-13-18/h9,11-12,14H,1-8,10,13,18H2. The van der Waals surface area contributed by atoms with E-state index in [4.69, 9.17) is 5.73 Å². The van der Waals surface area contributed by atoms with Crippen molar-refractivity contribution in [3.63, 3.8) is 0 Å². The molecule has 0 fully saturated rings. The van der Waals surface area contributed by atoms with Crippen molar-refractivity contribution in [2.45, 2.75) is 57.8 Å². The second-order valence-electron chi connectivity index (χ2n) is 5.00. The number of aryl methyl sites for hydroxylation is 1. The SMILES string of the molecule is NCCCCCCCCCCc1cccc(F)c1. The van der Waals surface area contributed by atoms with Crippen LogP contribution in [-0.2, 0) is 6.42 Å². The monoisotopic (exact) mass is 251 g/mol. The lowest BCUT2D eigenvalue weighted by molar-refractivity contribution is 0.569.